The van der Waals surface area contributed by atoms with Gasteiger partial charge in [0.15, 0.2) is 0 Å². The molecule has 4 unspecified atom stereocenters. The number of aromatic nitrogens is 1. The summed E-state index contributed by atoms with van der Waals surface area (Å²) >= 11 is 0. The third-order valence-electron chi connectivity index (χ3n) is 6.18. The quantitative estimate of drug-likeness (QED) is 0.135. The molecule has 0 saturated carbocycles. The Hall–Kier alpha value is -3.48. The Balaban J connectivity index is 2.08. The summed E-state index contributed by atoms with van der Waals surface area (Å²) < 4.78 is 0. The average Bonchev–Trinajstić information content (AvgIpc) is 3.28. The summed E-state index contributed by atoms with van der Waals surface area (Å²) in [6.45, 7) is 3.46. The summed E-state index contributed by atoms with van der Waals surface area (Å²) in [7, 11) is 0. The van der Waals surface area contributed by atoms with E-state index in [4.69, 9.17) is 11.5 Å². The third kappa shape index (κ3) is 9.12. The number of unbranched alkanes of at least 4 members (excludes halogenated alkanes) is 1. The molecular formula is C26H40N6O6. The molecule has 0 aliphatic heterocycles. The van der Waals surface area contributed by atoms with Crippen LogP contribution in [0.1, 0.15) is 45.1 Å². The fraction of sp³-hybridized carbons (Fsp3) is 0.538. The van der Waals surface area contributed by atoms with Crippen molar-refractivity contribution in [2.75, 3.05) is 13.2 Å². The molecule has 10 N–H and O–H groups in total. The molecule has 1 heterocycles. The second kappa shape index (κ2) is 15.1. The van der Waals surface area contributed by atoms with Crippen LogP contribution in [0.4, 0.5) is 0 Å². The van der Waals surface area contributed by atoms with E-state index in [0.29, 0.717) is 25.8 Å². The van der Waals surface area contributed by atoms with Gasteiger partial charge in [-0.25, -0.2) is 4.79 Å². The minimum Gasteiger partial charge on any atom is -0.480 e. The predicted molar refractivity (Wildman–Crippen MR) is 143 cm³/mol. The summed E-state index contributed by atoms with van der Waals surface area (Å²) in [5, 5.41) is 27.8. The van der Waals surface area contributed by atoms with E-state index in [0.717, 1.165) is 16.5 Å². The van der Waals surface area contributed by atoms with Gasteiger partial charge in [0.2, 0.25) is 17.7 Å². The predicted octanol–water partition coefficient (Wildman–Crippen LogP) is -0.256. The van der Waals surface area contributed by atoms with Crippen LogP contribution in [0.2, 0.25) is 0 Å². The summed E-state index contributed by atoms with van der Waals surface area (Å²) in [5.74, 6) is -3.31. The van der Waals surface area contributed by atoms with E-state index in [9.17, 15) is 29.4 Å². The first-order chi connectivity index (χ1) is 18.1. The van der Waals surface area contributed by atoms with Crippen molar-refractivity contribution in [3.05, 3.63) is 36.0 Å². The van der Waals surface area contributed by atoms with Crippen molar-refractivity contribution in [2.24, 2.45) is 17.4 Å². The van der Waals surface area contributed by atoms with Crippen LogP contribution in [-0.4, -0.2) is 76.2 Å². The third-order valence-corrected chi connectivity index (χ3v) is 6.18. The van der Waals surface area contributed by atoms with Gasteiger partial charge < -0.3 is 42.6 Å². The lowest BCUT2D eigenvalue weighted by molar-refractivity contribution is -0.142. The smallest absolute Gasteiger partial charge is 0.326 e. The molecular weight excluding hydrogens is 492 g/mol. The highest BCUT2D eigenvalue weighted by Crippen LogP contribution is 2.19. The molecule has 1 aromatic heterocycles. The van der Waals surface area contributed by atoms with Gasteiger partial charge in [-0.1, -0.05) is 38.5 Å². The zero-order chi connectivity index (χ0) is 28.2. The van der Waals surface area contributed by atoms with Gasteiger partial charge in [-0.3, -0.25) is 14.4 Å². The number of hydrogen-bond acceptors (Lipinski definition) is 7. The highest BCUT2D eigenvalue weighted by atomic mass is 16.4. The molecule has 4 atom stereocenters. The molecule has 0 fully saturated rings. The Kier molecular flexibility index (Phi) is 12.2. The zero-order valence-electron chi connectivity index (χ0n) is 21.9. The van der Waals surface area contributed by atoms with Crippen molar-refractivity contribution in [1.82, 2.24) is 20.9 Å². The lowest BCUT2D eigenvalue weighted by Crippen LogP contribution is -2.58. The number of benzene rings is 1. The van der Waals surface area contributed by atoms with Crippen molar-refractivity contribution in [3.63, 3.8) is 0 Å². The van der Waals surface area contributed by atoms with Gasteiger partial charge in [0.1, 0.15) is 18.1 Å². The molecule has 0 aliphatic carbocycles. The van der Waals surface area contributed by atoms with Gasteiger partial charge in [-0.2, -0.15) is 0 Å². The first-order valence-electron chi connectivity index (χ1n) is 12.8. The Morgan fingerprint density at radius 2 is 1.58 bits per heavy atom. The summed E-state index contributed by atoms with van der Waals surface area (Å²) in [6.07, 6.45) is 3.66. The number of nitrogens with one attached hydrogen (secondary N) is 4. The number of rotatable bonds is 16. The molecule has 2 rings (SSSR count). The number of carbonyl (C=O) groups is 4. The topological polar surface area (TPSA) is 213 Å². The number of H-pyrrole nitrogens is 1. The van der Waals surface area contributed by atoms with Crippen molar-refractivity contribution < 1.29 is 29.4 Å². The van der Waals surface area contributed by atoms with E-state index in [1.165, 1.54) is 0 Å². The van der Waals surface area contributed by atoms with E-state index in [1.54, 1.807) is 6.20 Å². The van der Waals surface area contributed by atoms with Gasteiger partial charge in [-0.15, -0.1) is 0 Å². The normalized spacial score (nSPS) is 14.5. The maximum atomic E-state index is 13.1. The molecule has 12 heteroatoms. The Labute approximate surface area is 221 Å². The second-order valence-corrected chi connectivity index (χ2v) is 9.79. The molecule has 38 heavy (non-hydrogen) atoms. The van der Waals surface area contributed by atoms with Gasteiger partial charge in [0, 0.05) is 23.5 Å². The van der Waals surface area contributed by atoms with E-state index in [1.807, 2.05) is 38.1 Å². The molecule has 2 aromatic rings. The first-order valence-corrected chi connectivity index (χ1v) is 12.8. The monoisotopic (exact) mass is 532 g/mol. The number of aliphatic carboxylic acids is 1. The summed E-state index contributed by atoms with van der Waals surface area (Å²) in [6, 6.07) is 2.89. The maximum Gasteiger partial charge on any atom is 0.326 e. The molecule has 1 aromatic carbocycles. The van der Waals surface area contributed by atoms with Crippen LogP contribution in [0.25, 0.3) is 10.9 Å². The number of hydrogen-bond donors (Lipinski definition) is 8. The first kappa shape index (κ1) is 30.7. The number of amides is 3. The SMILES string of the molecule is CC(C)CC(NC(=O)C(CO)NC(=O)C(N)CCCCN)C(=O)NC(Cc1c[nH]c2ccccc12)C(=O)O. The minimum absolute atomic E-state index is 0.0268. The lowest BCUT2D eigenvalue weighted by atomic mass is 10.0. The highest BCUT2D eigenvalue weighted by molar-refractivity contribution is 5.94. The summed E-state index contributed by atoms with van der Waals surface area (Å²) in [5.41, 5.74) is 12.9. The van der Waals surface area contributed by atoms with Crippen LogP contribution in [0.5, 0.6) is 0 Å². The van der Waals surface area contributed by atoms with Crippen LogP contribution >= 0.6 is 0 Å². The minimum atomic E-state index is -1.33. The number of fused-ring (bicyclic) bond motifs is 1. The highest BCUT2D eigenvalue weighted by Gasteiger charge is 2.31. The molecule has 0 radical (unpaired) electrons. The molecule has 0 saturated heterocycles. The van der Waals surface area contributed by atoms with Crippen LogP contribution in [-0.2, 0) is 25.6 Å². The van der Waals surface area contributed by atoms with Crippen LogP contribution < -0.4 is 27.4 Å². The van der Waals surface area contributed by atoms with Crippen LogP contribution in [0, 0.1) is 5.92 Å². The van der Waals surface area contributed by atoms with Crippen molar-refractivity contribution in [2.45, 2.75) is 70.1 Å². The van der Waals surface area contributed by atoms with Crippen molar-refractivity contribution >= 4 is 34.6 Å². The molecule has 12 nitrogen and oxygen atoms in total. The van der Waals surface area contributed by atoms with Gasteiger partial charge in [0.25, 0.3) is 0 Å². The van der Waals surface area contributed by atoms with Gasteiger partial charge in [-0.05, 0) is 43.4 Å². The molecule has 0 spiro atoms. The molecule has 3 amide bonds. The van der Waals surface area contributed by atoms with Gasteiger partial charge in [0.05, 0.1) is 12.6 Å². The van der Waals surface area contributed by atoms with Crippen molar-refractivity contribution in [3.8, 4) is 0 Å². The number of aliphatic hydroxyl groups is 1. The Morgan fingerprint density at radius 1 is 0.947 bits per heavy atom. The Morgan fingerprint density at radius 3 is 2.21 bits per heavy atom. The standard InChI is InChI=1S/C26H40N6O6/c1-15(2)11-20(30-25(36)22(14-33)32-23(34)18(28)8-5-6-10-27)24(35)31-21(26(37)38)12-16-13-29-19-9-4-3-7-17(16)19/h3-4,7,9,13,15,18,20-22,29,33H,5-6,8,10-12,14,27-28H2,1-2H3,(H,30,36)(H,31,35)(H,32,34)(H,37,38). The van der Waals surface area contributed by atoms with Crippen molar-refractivity contribution in [1.29, 1.82) is 0 Å². The second-order valence-electron chi connectivity index (χ2n) is 9.79. The molecule has 210 valence electrons. The zero-order valence-corrected chi connectivity index (χ0v) is 21.9. The Bertz CT molecular complexity index is 1090. The molecule has 0 bridgehead atoms. The number of aromatic amines is 1. The number of carboxylic acid groups (broad SMARTS) is 1. The van der Waals surface area contributed by atoms with E-state index in [-0.39, 0.29) is 18.8 Å². The molecule has 0 aliphatic rings. The lowest BCUT2D eigenvalue weighted by Gasteiger charge is -2.25. The number of nitrogens with two attached hydrogens (primary N) is 2. The number of carboxylic acids is 1. The van der Waals surface area contributed by atoms with Gasteiger partial charge >= 0.3 is 5.97 Å². The fourth-order valence-corrected chi connectivity index (χ4v) is 4.08. The van der Waals surface area contributed by atoms with Crippen LogP contribution in [0.15, 0.2) is 30.5 Å². The van der Waals surface area contributed by atoms with E-state index >= 15 is 0 Å². The number of carbonyl (C=O) groups excluding carboxylic acids is 3. The summed E-state index contributed by atoms with van der Waals surface area (Å²) in [4.78, 5) is 53.4. The van der Waals surface area contributed by atoms with E-state index in [2.05, 4.69) is 20.9 Å². The maximum absolute atomic E-state index is 13.1. The fourth-order valence-electron chi connectivity index (χ4n) is 4.08. The number of aliphatic hydroxyl groups excluding tert-OH is 1. The average molecular weight is 533 g/mol. The van der Waals surface area contributed by atoms with E-state index < -0.39 is 54.5 Å². The van der Waals surface area contributed by atoms with Crippen LogP contribution in [0.3, 0.4) is 0 Å². The number of para-hydroxylation sites is 1. The largest absolute Gasteiger partial charge is 0.480 e.